The van der Waals surface area contributed by atoms with E-state index in [2.05, 4.69) is 35.8 Å². The van der Waals surface area contributed by atoms with E-state index in [1.807, 2.05) is 0 Å². The van der Waals surface area contributed by atoms with Gasteiger partial charge in [0.15, 0.2) is 11.5 Å². The van der Waals surface area contributed by atoms with Crippen LogP contribution < -0.4 is 10.7 Å². The molecule has 244 valence electrons. The van der Waals surface area contributed by atoms with Crippen molar-refractivity contribution in [3.8, 4) is 5.75 Å². The van der Waals surface area contributed by atoms with Crippen molar-refractivity contribution in [1.29, 1.82) is 0 Å². The number of benzene rings is 5. The summed E-state index contributed by atoms with van der Waals surface area (Å²) in [4.78, 5) is 24.1. The monoisotopic (exact) mass is 677 g/mol. The van der Waals surface area contributed by atoms with Crippen LogP contribution in [0.25, 0.3) is 10.8 Å². The lowest BCUT2D eigenvalue weighted by molar-refractivity contribution is -0.130. The molecule has 49 heavy (non-hydrogen) atoms. The van der Waals surface area contributed by atoms with Crippen LogP contribution in [0.2, 0.25) is 0 Å². The Morgan fingerprint density at radius 1 is 0.796 bits per heavy atom. The van der Waals surface area contributed by atoms with Crippen molar-refractivity contribution in [2.45, 2.75) is 10.9 Å². The van der Waals surface area contributed by atoms with Crippen LogP contribution in [0.3, 0.4) is 0 Å². The first-order valence-corrected chi connectivity index (χ1v) is 15.6. The largest absolute Gasteiger partial charge is 0.505 e. The maximum Gasteiger partial charge on any atom is 0.355 e. The number of azo groups is 3. The molecule has 0 radical (unpaired) electrons. The van der Waals surface area contributed by atoms with E-state index < -0.39 is 44.4 Å². The molecule has 16 nitrogen and oxygen atoms in total. The third kappa shape index (κ3) is 6.73. The lowest BCUT2D eigenvalue weighted by Crippen LogP contribution is -2.32. The SMILES string of the molecule is Nc1c(N=Nc2ccccc2)c(S(=O)(=O)O)cc2ccc(N=Nc3ccc(N=NC4C(=O)N(c5ccccc5)N=C4C(=O)O)cc3)c(O)c12. The van der Waals surface area contributed by atoms with E-state index in [1.54, 1.807) is 60.7 Å². The highest BCUT2D eigenvalue weighted by atomic mass is 32.2. The molecule has 0 fully saturated rings. The van der Waals surface area contributed by atoms with Crippen LogP contribution in [0.4, 0.5) is 39.8 Å². The van der Waals surface area contributed by atoms with Gasteiger partial charge in [0.05, 0.1) is 33.8 Å². The molecule has 6 rings (SSSR count). The number of nitrogens with two attached hydrogens (primary N) is 1. The molecule has 0 saturated heterocycles. The number of anilines is 2. The first kappa shape index (κ1) is 32.2. The number of para-hydroxylation sites is 1. The molecule has 1 aliphatic heterocycles. The van der Waals surface area contributed by atoms with Crippen LogP contribution in [-0.2, 0) is 19.7 Å². The summed E-state index contributed by atoms with van der Waals surface area (Å²) < 4.78 is 34.2. The zero-order chi connectivity index (χ0) is 34.7. The first-order chi connectivity index (χ1) is 23.5. The Balaban J connectivity index is 1.24. The molecule has 0 aromatic heterocycles. The quantitative estimate of drug-likeness (QED) is 0.0707. The van der Waals surface area contributed by atoms with Crippen molar-refractivity contribution in [3.05, 3.63) is 103 Å². The molecule has 5 aromatic carbocycles. The second-order valence-electron chi connectivity index (χ2n) is 10.3. The topological polar surface area (TPSA) is 245 Å². The minimum atomic E-state index is -4.78. The van der Waals surface area contributed by atoms with Crippen LogP contribution in [0.1, 0.15) is 0 Å². The number of hydrazone groups is 1. The fraction of sp³-hybridized carbons (Fsp3) is 0.0312. The predicted octanol–water partition coefficient (Wildman–Crippen LogP) is 7.14. The molecule has 0 aliphatic carbocycles. The van der Waals surface area contributed by atoms with Crippen molar-refractivity contribution in [2.24, 2.45) is 35.8 Å². The Bertz CT molecular complexity index is 2330. The summed E-state index contributed by atoms with van der Waals surface area (Å²) in [6.07, 6.45) is 0. The number of aliphatic carboxylic acids is 1. The Morgan fingerprint density at radius 2 is 1.39 bits per heavy atom. The molecule has 0 spiro atoms. The van der Waals surface area contributed by atoms with Gasteiger partial charge in [0.25, 0.3) is 16.0 Å². The predicted molar refractivity (Wildman–Crippen MR) is 178 cm³/mol. The molecule has 0 bridgehead atoms. The van der Waals surface area contributed by atoms with Gasteiger partial charge in [-0.2, -0.15) is 39.0 Å². The number of fused-ring (bicyclic) bond motifs is 1. The molecule has 1 amide bonds. The molecular weight excluding hydrogens is 654 g/mol. The molecule has 17 heteroatoms. The first-order valence-electron chi connectivity index (χ1n) is 14.2. The maximum absolute atomic E-state index is 12.9. The van der Waals surface area contributed by atoms with Gasteiger partial charge in [0, 0.05) is 0 Å². The summed E-state index contributed by atoms with van der Waals surface area (Å²) >= 11 is 0. The fourth-order valence-corrected chi connectivity index (χ4v) is 5.40. The summed E-state index contributed by atoms with van der Waals surface area (Å²) in [6, 6.07) is 25.2. The molecule has 5 N–H and O–H groups in total. The van der Waals surface area contributed by atoms with Crippen LogP contribution in [0, 0.1) is 0 Å². The summed E-state index contributed by atoms with van der Waals surface area (Å²) in [6.45, 7) is 0. The van der Waals surface area contributed by atoms with E-state index in [4.69, 9.17) is 5.73 Å². The van der Waals surface area contributed by atoms with Gasteiger partial charge < -0.3 is 15.9 Å². The van der Waals surface area contributed by atoms with Gasteiger partial charge in [0.2, 0.25) is 6.04 Å². The number of hydrogen-bond donors (Lipinski definition) is 4. The average Bonchev–Trinajstić information content (AvgIpc) is 3.43. The summed E-state index contributed by atoms with van der Waals surface area (Å²) in [5.41, 5.74) is 6.53. The normalized spacial score (nSPS) is 15.2. The Hall–Kier alpha value is -6.72. The lowest BCUT2D eigenvalue weighted by atomic mass is 10.1. The highest BCUT2D eigenvalue weighted by Gasteiger charge is 2.41. The second-order valence-corrected chi connectivity index (χ2v) is 11.7. The highest BCUT2D eigenvalue weighted by Crippen LogP contribution is 2.45. The number of carboxylic acids is 1. The lowest BCUT2D eigenvalue weighted by Gasteiger charge is -2.12. The highest BCUT2D eigenvalue weighted by molar-refractivity contribution is 7.86. The standard InChI is InChI=1S/C32H23N9O7S/c33-26-25-18(17-24(49(46,47)48)27(26)38-35-19-7-3-1-4-8-19)11-16-23(30(25)42)37-34-20-12-14-21(15-13-20)36-39-28-29(32(44)45)40-41(31(28)43)22-9-5-2-6-10-22/h1-17,28,42H,33H2,(H,44,45)(H,46,47,48). The van der Waals surface area contributed by atoms with Gasteiger partial charge in [0.1, 0.15) is 16.3 Å². The van der Waals surface area contributed by atoms with Gasteiger partial charge >= 0.3 is 5.97 Å². The van der Waals surface area contributed by atoms with Crippen molar-refractivity contribution in [1.82, 2.24) is 0 Å². The molecule has 1 aliphatic rings. The van der Waals surface area contributed by atoms with E-state index in [0.29, 0.717) is 17.1 Å². The van der Waals surface area contributed by atoms with Crippen molar-refractivity contribution >= 4 is 78.3 Å². The number of carboxylic acid groups (broad SMARTS) is 1. The number of phenolic OH excluding ortho intramolecular Hbond substituents is 1. The van der Waals surface area contributed by atoms with Gasteiger partial charge in [-0.15, -0.1) is 10.2 Å². The van der Waals surface area contributed by atoms with E-state index in [1.165, 1.54) is 36.4 Å². The van der Waals surface area contributed by atoms with E-state index in [0.717, 1.165) is 11.1 Å². The number of hydrogen-bond acceptors (Lipinski definition) is 13. The van der Waals surface area contributed by atoms with E-state index in [-0.39, 0.29) is 33.5 Å². The molecule has 1 heterocycles. The van der Waals surface area contributed by atoms with Crippen LogP contribution in [0.15, 0.2) is 144 Å². The van der Waals surface area contributed by atoms with Gasteiger partial charge in [-0.3, -0.25) is 9.35 Å². The molecular formula is C32H23N9O7S. The Kier molecular flexibility index (Phi) is 8.67. The smallest absolute Gasteiger partial charge is 0.355 e. The molecule has 5 aromatic rings. The summed E-state index contributed by atoms with van der Waals surface area (Å²) in [5, 5.41) is 49.8. The van der Waals surface area contributed by atoms with Gasteiger partial charge in [-0.05, 0) is 66.0 Å². The van der Waals surface area contributed by atoms with E-state index >= 15 is 0 Å². The maximum atomic E-state index is 12.9. The van der Waals surface area contributed by atoms with Crippen LogP contribution in [-0.4, -0.2) is 46.8 Å². The minimum absolute atomic E-state index is 0.0122. The summed E-state index contributed by atoms with van der Waals surface area (Å²) in [7, 11) is -4.78. The van der Waals surface area contributed by atoms with Crippen LogP contribution in [0.5, 0.6) is 5.75 Å². The fourth-order valence-electron chi connectivity index (χ4n) is 4.73. The number of amides is 1. The number of carbonyl (C=O) groups is 2. The van der Waals surface area contributed by atoms with Crippen molar-refractivity contribution in [3.63, 3.8) is 0 Å². The van der Waals surface area contributed by atoms with Gasteiger partial charge in [-0.1, -0.05) is 42.5 Å². The zero-order valence-electron chi connectivity index (χ0n) is 24.9. The number of nitrogen functional groups attached to an aromatic ring is 1. The van der Waals surface area contributed by atoms with Gasteiger partial charge in [-0.25, -0.2) is 4.79 Å². The molecule has 1 unspecified atom stereocenters. The molecule has 1 atom stereocenters. The average molecular weight is 678 g/mol. The number of carbonyl (C=O) groups excluding carboxylic acids is 1. The van der Waals surface area contributed by atoms with Crippen molar-refractivity contribution < 1.29 is 32.8 Å². The number of nitrogens with zero attached hydrogens (tertiary/aromatic N) is 8. The molecule has 0 saturated carbocycles. The minimum Gasteiger partial charge on any atom is -0.505 e. The third-order valence-corrected chi connectivity index (χ3v) is 7.94. The number of phenols is 1. The number of rotatable bonds is 9. The van der Waals surface area contributed by atoms with E-state index in [9.17, 15) is 32.8 Å². The second kappa shape index (κ2) is 13.2. The zero-order valence-corrected chi connectivity index (χ0v) is 25.7. The van der Waals surface area contributed by atoms with Crippen molar-refractivity contribution in [2.75, 3.05) is 10.7 Å². The third-order valence-electron chi connectivity index (χ3n) is 7.07. The van der Waals surface area contributed by atoms with Crippen LogP contribution >= 0.6 is 0 Å². The Morgan fingerprint density at radius 3 is 2.02 bits per heavy atom. The Labute approximate surface area is 277 Å². The summed E-state index contributed by atoms with van der Waals surface area (Å²) in [5.74, 6) is -2.50. The number of aromatic hydroxyl groups is 1.